The molecule has 0 aromatic carbocycles. The van der Waals surface area contributed by atoms with Gasteiger partial charge >= 0.3 is 5.97 Å². The lowest BCUT2D eigenvalue weighted by Crippen LogP contribution is -2.30. The minimum absolute atomic E-state index is 0.0187. The van der Waals surface area contributed by atoms with Crippen molar-refractivity contribution < 1.29 is 19.0 Å². The quantitative estimate of drug-likeness (QED) is 0.727. The van der Waals surface area contributed by atoms with Crippen molar-refractivity contribution in [1.29, 1.82) is 0 Å². The predicted molar refractivity (Wildman–Crippen MR) is 76.2 cm³/mol. The summed E-state index contributed by atoms with van der Waals surface area (Å²) in [6, 6.07) is 0. The Bertz CT molecular complexity index is 297. The Morgan fingerprint density at radius 2 is 2.05 bits per heavy atom. The van der Waals surface area contributed by atoms with Crippen molar-refractivity contribution >= 4 is 5.97 Å². The molecule has 2 aliphatic rings. The van der Waals surface area contributed by atoms with Crippen LogP contribution in [0.4, 0.5) is 0 Å². The average Bonchev–Trinajstić information content (AvgIpc) is 2.46. The molecule has 0 spiro atoms. The minimum Gasteiger partial charge on any atom is -0.463 e. The monoisotopic (exact) mass is 284 g/mol. The van der Waals surface area contributed by atoms with Crippen LogP contribution in [0.1, 0.15) is 58.8 Å². The van der Waals surface area contributed by atoms with Gasteiger partial charge in [0.25, 0.3) is 0 Å². The lowest BCUT2D eigenvalue weighted by molar-refractivity contribution is -0.172. The van der Waals surface area contributed by atoms with Crippen molar-refractivity contribution in [2.75, 3.05) is 13.2 Å². The van der Waals surface area contributed by atoms with E-state index in [1.807, 2.05) is 13.8 Å². The molecule has 0 aromatic rings. The highest BCUT2D eigenvalue weighted by Crippen LogP contribution is 2.31. The highest BCUT2D eigenvalue weighted by atomic mass is 16.7. The third-order valence-corrected chi connectivity index (χ3v) is 4.12. The molecule has 4 heteroatoms. The van der Waals surface area contributed by atoms with E-state index in [4.69, 9.17) is 14.2 Å². The van der Waals surface area contributed by atoms with Crippen LogP contribution in [0.2, 0.25) is 0 Å². The summed E-state index contributed by atoms with van der Waals surface area (Å²) in [5.74, 6) is 0.504. The Balaban J connectivity index is 1.71. The van der Waals surface area contributed by atoms with E-state index in [0.717, 1.165) is 51.7 Å². The molecule has 116 valence electrons. The Morgan fingerprint density at radius 1 is 1.20 bits per heavy atom. The number of hydrogen-bond acceptors (Lipinski definition) is 4. The van der Waals surface area contributed by atoms with Gasteiger partial charge in [0.2, 0.25) is 0 Å². The first-order valence-corrected chi connectivity index (χ1v) is 8.09. The normalized spacial score (nSPS) is 31.2. The maximum absolute atomic E-state index is 12.0. The maximum atomic E-state index is 12.0. The largest absolute Gasteiger partial charge is 0.463 e. The first-order valence-electron chi connectivity index (χ1n) is 8.09. The van der Waals surface area contributed by atoms with Crippen molar-refractivity contribution in [3.8, 4) is 0 Å². The Labute approximate surface area is 122 Å². The second-order valence-electron chi connectivity index (χ2n) is 6.34. The second kappa shape index (κ2) is 7.99. The Hall–Kier alpha value is -0.610. The van der Waals surface area contributed by atoms with Gasteiger partial charge in [-0.15, -0.1) is 0 Å². The molecule has 0 aromatic heterocycles. The van der Waals surface area contributed by atoms with E-state index in [0.29, 0.717) is 5.92 Å². The molecular formula is C16H28O4. The van der Waals surface area contributed by atoms with Crippen LogP contribution in [-0.4, -0.2) is 31.6 Å². The lowest BCUT2D eigenvalue weighted by atomic mass is 9.82. The highest BCUT2D eigenvalue weighted by Gasteiger charge is 2.29. The maximum Gasteiger partial charge on any atom is 0.309 e. The molecule has 0 amide bonds. The molecule has 1 aliphatic heterocycles. The van der Waals surface area contributed by atoms with Crippen LogP contribution in [0.15, 0.2) is 0 Å². The average molecular weight is 284 g/mol. The smallest absolute Gasteiger partial charge is 0.309 e. The van der Waals surface area contributed by atoms with Crippen molar-refractivity contribution in [2.24, 2.45) is 11.8 Å². The molecule has 0 N–H and O–H groups in total. The Morgan fingerprint density at radius 3 is 2.75 bits per heavy atom. The molecule has 2 fully saturated rings. The third kappa shape index (κ3) is 5.06. The number of esters is 1. The summed E-state index contributed by atoms with van der Waals surface area (Å²) in [7, 11) is 0. The van der Waals surface area contributed by atoms with E-state index >= 15 is 0 Å². The van der Waals surface area contributed by atoms with E-state index in [9.17, 15) is 4.79 Å². The number of rotatable bonds is 5. The summed E-state index contributed by atoms with van der Waals surface area (Å²) >= 11 is 0. The van der Waals surface area contributed by atoms with Gasteiger partial charge < -0.3 is 14.2 Å². The lowest BCUT2D eigenvalue weighted by Gasteiger charge is -2.30. The van der Waals surface area contributed by atoms with Crippen molar-refractivity contribution in [2.45, 2.75) is 71.2 Å². The van der Waals surface area contributed by atoms with Crippen LogP contribution in [0.25, 0.3) is 0 Å². The van der Waals surface area contributed by atoms with Gasteiger partial charge in [0.15, 0.2) is 6.29 Å². The van der Waals surface area contributed by atoms with Crippen molar-refractivity contribution in [1.82, 2.24) is 0 Å². The first-order chi connectivity index (χ1) is 9.65. The molecule has 4 nitrogen and oxygen atoms in total. The van der Waals surface area contributed by atoms with Crippen LogP contribution in [0.5, 0.6) is 0 Å². The minimum atomic E-state index is -0.0291. The topological polar surface area (TPSA) is 44.8 Å². The van der Waals surface area contributed by atoms with Gasteiger partial charge in [-0.1, -0.05) is 6.42 Å². The summed E-state index contributed by atoms with van der Waals surface area (Å²) in [6.45, 7) is 5.35. The standard InChI is InChI=1S/C16H28O4/c1-12(2)20-16(17)14-7-5-6-13(10-14)11-19-15-8-3-4-9-18-15/h12-15H,3-11H2,1-2H3/t13-,14?,15?/m0/s1. The predicted octanol–water partition coefficient (Wildman–Crippen LogP) is 3.29. The van der Waals surface area contributed by atoms with Gasteiger partial charge in [0, 0.05) is 6.61 Å². The van der Waals surface area contributed by atoms with E-state index in [-0.39, 0.29) is 24.3 Å². The number of hydrogen-bond donors (Lipinski definition) is 0. The summed E-state index contributed by atoms with van der Waals surface area (Å²) < 4.78 is 16.8. The summed E-state index contributed by atoms with van der Waals surface area (Å²) in [6.07, 6.45) is 7.41. The first kappa shape index (κ1) is 15.8. The van der Waals surface area contributed by atoms with E-state index < -0.39 is 0 Å². The van der Waals surface area contributed by atoms with Crippen LogP contribution in [-0.2, 0) is 19.0 Å². The van der Waals surface area contributed by atoms with Crippen LogP contribution in [0.3, 0.4) is 0 Å². The fourth-order valence-corrected chi connectivity index (χ4v) is 3.07. The fourth-order valence-electron chi connectivity index (χ4n) is 3.07. The molecule has 2 rings (SSSR count). The number of carbonyl (C=O) groups excluding carboxylic acids is 1. The van der Waals surface area contributed by atoms with E-state index in [2.05, 4.69) is 0 Å². The molecule has 0 radical (unpaired) electrons. The van der Waals surface area contributed by atoms with E-state index in [1.54, 1.807) is 0 Å². The van der Waals surface area contributed by atoms with Gasteiger partial charge in [-0.3, -0.25) is 4.79 Å². The summed E-state index contributed by atoms with van der Waals surface area (Å²) in [5, 5.41) is 0. The zero-order valence-corrected chi connectivity index (χ0v) is 12.8. The van der Waals surface area contributed by atoms with Gasteiger partial charge in [-0.25, -0.2) is 0 Å². The number of carbonyl (C=O) groups is 1. The molecule has 0 bridgehead atoms. The number of ether oxygens (including phenoxy) is 3. The summed E-state index contributed by atoms with van der Waals surface area (Å²) in [5.41, 5.74) is 0. The SMILES string of the molecule is CC(C)OC(=O)C1CCC[C@H](COC2CCCCO2)C1. The highest BCUT2D eigenvalue weighted by molar-refractivity contribution is 5.72. The Kier molecular flexibility index (Phi) is 6.30. The van der Waals surface area contributed by atoms with Gasteiger partial charge in [-0.2, -0.15) is 0 Å². The molecule has 1 saturated carbocycles. The van der Waals surface area contributed by atoms with Crippen LogP contribution in [0, 0.1) is 11.8 Å². The molecule has 1 aliphatic carbocycles. The zero-order chi connectivity index (χ0) is 14.4. The van der Waals surface area contributed by atoms with Crippen LogP contribution >= 0.6 is 0 Å². The fraction of sp³-hybridized carbons (Fsp3) is 0.938. The van der Waals surface area contributed by atoms with Gasteiger partial charge in [0.1, 0.15) is 0 Å². The molecule has 1 heterocycles. The van der Waals surface area contributed by atoms with Gasteiger partial charge in [0.05, 0.1) is 18.6 Å². The van der Waals surface area contributed by atoms with E-state index in [1.165, 1.54) is 6.42 Å². The van der Waals surface area contributed by atoms with Gasteiger partial charge in [-0.05, 0) is 58.3 Å². The molecular weight excluding hydrogens is 256 g/mol. The second-order valence-corrected chi connectivity index (χ2v) is 6.34. The molecule has 3 atom stereocenters. The molecule has 1 saturated heterocycles. The third-order valence-electron chi connectivity index (χ3n) is 4.12. The summed E-state index contributed by atoms with van der Waals surface area (Å²) in [4.78, 5) is 12.0. The zero-order valence-electron chi connectivity index (χ0n) is 12.8. The molecule has 20 heavy (non-hydrogen) atoms. The van der Waals surface area contributed by atoms with Crippen molar-refractivity contribution in [3.63, 3.8) is 0 Å². The molecule has 2 unspecified atom stereocenters. The van der Waals surface area contributed by atoms with Crippen LogP contribution < -0.4 is 0 Å². The van der Waals surface area contributed by atoms with Crippen molar-refractivity contribution in [3.05, 3.63) is 0 Å².